The Bertz CT molecular complexity index is 445. The second-order valence-corrected chi connectivity index (χ2v) is 4.82. The predicted molar refractivity (Wildman–Crippen MR) is 80.0 cm³/mol. The van der Waals surface area contributed by atoms with Gasteiger partial charge in [-0.2, -0.15) is 0 Å². The molecule has 0 aliphatic rings. The quantitative estimate of drug-likeness (QED) is 0.779. The Morgan fingerprint density at radius 3 is 2.60 bits per heavy atom. The number of rotatable bonds is 7. The fourth-order valence-electron chi connectivity index (χ4n) is 1.96. The van der Waals surface area contributed by atoms with E-state index < -0.39 is 6.10 Å². The lowest BCUT2D eigenvalue weighted by molar-refractivity contribution is -0.151. The SMILES string of the molecule is CCOC(=O)C(CC)Oc1ccc(C)cc1C(C)NC. The van der Waals surface area contributed by atoms with E-state index in [2.05, 4.69) is 18.3 Å². The Balaban J connectivity index is 2.97. The molecule has 1 N–H and O–H groups in total. The molecule has 0 aliphatic heterocycles. The highest BCUT2D eigenvalue weighted by Gasteiger charge is 2.21. The number of hydrogen-bond donors (Lipinski definition) is 1. The van der Waals surface area contributed by atoms with Gasteiger partial charge in [-0.25, -0.2) is 4.79 Å². The molecule has 1 aromatic carbocycles. The van der Waals surface area contributed by atoms with Crippen molar-refractivity contribution in [2.75, 3.05) is 13.7 Å². The maximum Gasteiger partial charge on any atom is 0.347 e. The van der Waals surface area contributed by atoms with Crippen molar-refractivity contribution in [3.8, 4) is 5.75 Å². The highest BCUT2D eigenvalue weighted by molar-refractivity contribution is 5.75. The predicted octanol–water partition coefficient (Wildman–Crippen LogP) is 3.00. The van der Waals surface area contributed by atoms with Crippen molar-refractivity contribution in [2.24, 2.45) is 0 Å². The van der Waals surface area contributed by atoms with E-state index in [-0.39, 0.29) is 12.0 Å². The molecular weight excluding hydrogens is 254 g/mol. The average molecular weight is 279 g/mol. The number of esters is 1. The van der Waals surface area contributed by atoms with E-state index in [1.54, 1.807) is 6.92 Å². The van der Waals surface area contributed by atoms with Crippen LogP contribution in [0.4, 0.5) is 0 Å². The number of aryl methyl sites for hydroxylation is 1. The maximum absolute atomic E-state index is 11.8. The molecule has 0 radical (unpaired) electrons. The Morgan fingerprint density at radius 1 is 1.35 bits per heavy atom. The van der Waals surface area contributed by atoms with Gasteiger partial charge in [0.2, 0.25) is 0 Å². The summed E-state index contributed by atoms with van der Waals surface area (Å²) in [5.74, 6) is 0.427. The van der Waals surface area contributed by atoms with Gasteiger partial charge in [0.25, 0.3) is 0 Å². The monoisotopic (exact) mass is 279 g/mol. The molecule has 2 atom stereocenters. The zero-order valence-electron chi connectivity index (χ0n) is 13.0. The van der Waals surface area contributed by atoms with Crippen molar-refractivity contribution in [3.63, 3.8) is 0 Å². The molecule has 0 aromatic heterocycles. The number of hydrogen-bond acceptors (Lipinski definition) is 4. The first-order valence-electron chi connectivity index (χ1n) is 7.14. The van der Waals surface area contributed by atoms with Crippen LogP contribution < -0.4 is 10.1 Å². The van der Waals surface area contributed by atoms with E-state index in [4.69, 9.17) is 9.47 Å². The Morgan fingerprint density at radius 2 is 2.05 bits per heavy atom. The summed E-state index contributed by atoms with van der Waals surface area (Å²) in [7, 11) is 1.90. The van der Waals surface area contributed by atoms with Crippen molar-refractivity contribution in [1.29, 1.82) is 0 Å². The summed E-state index contributed by atoms with van der Waals surface area (Å²) in [4.78, 5) is 11.8. The molecule has 0 saturated carbocycles. The van der Waals surface area contributed by atoms with Crippen LogP contribution in [0.2, 0.25) is 0 Å². The first-order chi connectivity index (χ1) is 9.53. The van der Waals surface area contributed by atoms with Gasteiger partial charge in [-0.1, -0.05) is 24.6 Å². The highest BCUT2D eigenvalue weighted by Crippen LogP contribution is 2.27. The smallest absolute Gasteiger partial charge is 0.347 e. The largest absolute Gasteiger partial charge is 0.478 e. The van der Waals surface area contributed by atoms with Crippen LogP contribution in [0.5, 0.6) is 5.75 Å². The van der Waals surface area contributed by atoms with Crippen molar-refractivity contribution >= 4 is 5.97 Å². The number of carbonyl (C=O) groups excluding carboxylic acids is 1. The second-order valence-electron chi connectivity index (χ2n) is 4.82. The van der Waals surface area contributed by atoms with Gasteiger partial charge in [-0.05, 0) is 40.3 Å². The van der Waals surface area contributed by atoms with Gasteiger partial charge >= 0.3 is 5.97 Å². The van der Waals surface area contributed by atoms with Gasteiger partial charge in [-0.3, -0.25) is 0 Å². The Kier molecular flexibility index (Phi) is 6.52. The molecule has 0 aliphatic carbocycles. The zero-order valence-corrected chi connectivity index (χ0v) is 13.0. The summed E-state index contributed by atoms with van der Waals surface area (Å²) < 4.78 is 10.9. The average Bonchev–Trinajstić information content (AvgIpc) is 2.45. The molecule has 0 amide bonds. The van der Waals surface area contributed by atoms with Crippen LogP contribution in [-0.4, -0.2) is 25.7 Å². The van der Waals surface area contributed by atoms with E-state index in [1.165, 1.54) is 5.56 Å². The van der Waals surface area contributed by atoms with Gasteiger partial charge in [0.05, 0.1) is 6.61 Å². The minimum Gasteiger partial charge on any atom is -0.478 e. The summed E-state index contributed by atoms with van der Waals surface area (Å²) in [5.41, 5.74) is 2.22. The highest BCUT2D eigenvalue weighted by atomic mass is 16.6. The molecule has 20 heavy (non-hydrogen) atoms. The summed E-state index contributed by atoms with van der Waals surface area (Å²) >= 11 is 0. The maximum atomic E-state index is 11.8. The van der Waals surface area contributed by atoms with Crippen molar-refractivity contribution in [3.05, 3.63) is 29.3 Å². The fraction of sp³-hybridized carbons (Fsp3) is 0.562. The van der Waals surface area contributed by atoms with Gasteiger partial charge in [0.1, 0.15) is 5.75 Å². The Labute approximate surface area is 121 Å². The van der Waals surface area contributed by atoms with Crippen LogP contribution in [0.3, 0.4) is 0 Å². The number of ether oxygens (including phenoxy) is 2. The lowest BCUT2D eigenvalue weighted by Gasteiger charge is -2.21. The van der Waals surface area contributed by atoms with Crippen LogP contribution in [0.15, 0.2) is 18.2 Å². The minimum atomic E-state index is -0.555. The molecule has 112 valence electrons. The van der Waals surface area contributed by atoms with Gasteiger partial charge in [-0.15, -0.1) is 0 Å². The zero-order chi connectivity index (χ0) is 15.1. The van der Waals surface area contributed by atoms with Gasteiger partial charge in [0, 0.05) is 11.6 Å². The van der Waals surface area contributed by atoms with Gasteiger partial charge in [0.15, 0.2) is 6.10 Å². The first kappa shape index (κ1) is 16.5. The summed E-state index contributed by atoms with van der Waals surface area (Å²) in [5, 5.41) is 3.20. The van der Waals surface area contributed by atoms with Crippen LogP contribution >= 0.6 is 0 Å². The molecule has 0 fully saturated rings. The molecule has 0 bridgehead atoms. The van der Waals surface area contributed by atoms with Crippen LogP contribution in [0.1, 0.15) is 44.4 Å². The summed E-state index contributed by atoms with van der Waals surface area (Å²) in [6.45, 7) is 8.18. The minimum absolute atomic E-state index is 0.157. The lowest BCUT2D eigenvalue weighted by Crippen LogP contribution is -2.29. The number of nitrogens with one attached hydrogen (secondary N) is 1. The van der Waals surface area contributed by atoms with Gasteiger partial charge < -0.3 is 14.8 Å². The molecule has 0 spiro atoms. The standard InChI is InChI=1S/C16H25NO3/c1-6-14(16(18)19-7-2)20-15-9-8-11(3)10-13(15)12(4)17-5/h8-10,12,14,17H,6-7H2,1-5H3. The topological polar surface area (TPSA) is 47.6 Å². The fourth-order valence-corrected chi connectivity index (χ4v) is 1.96. The van der Waals surface area contributed by atoms with Crippen LogP contribution in [0, 0.1) is 6.92 Å². The van der Waals surface area contributed by atoms with E-state index >= 15 is 0 Å². The Hall–Kier alpha value is -1.55. The van der Waals surface area contributed by atoms with Crippen LogP contribution in [0.25, 0.3) is 0 Å². The van der Waals surface area contributed by atoms with E-state index in [1.807, 2.05) is 33.0 Å². The third-order valence-corrected chi connectivity index (χ3v) is 3.25. The molecule has 1 aromatic rings. The molecule has 4 nitrogen and oxygen atoms in total. The van der Waals surface area contributed by atoms with E-state index in [9.17, 15) is 4.79 Å². The number of benzene rings is 1. The second kappa shape index (κ2) is 7.90. The van der Waals surface area contributed by atoms with E-state index in [0.717, 1.165) is 11.3 Å². The molecule has 2 unspecified atom stereocenters. The summed E-state index contributed by atoms with van der Waals surface area (Å²) in [6, 6.07) is 6.14. The van der Waals surface area contributed by atoms with Crippen molar-refractivity contribution in [1.82, 2.24) is 5.32 Å². The third kappa shape index (κ3) is 4.23. The lowest BCUT2D eigenvalue weighted by atomic mass is 10.0. The van der Waals surface area contributed by atoms with E-state index in [0.29, 0.717) is 13.0 Å². The van der Waals surface area contributed by atoms with Crippen LogP contribution in [-0.2, 0) is 9.53 Å². The molecule has 0 heterocycles. The third-order valence-electron chi connectivity index (χ3n) is 3.25. The summed E-state index contributed by atoms with van der Waals surface area (Å²) in [6.07, 6.45) is 0.0283. The van der Waals surface area contributed by atoms with Crippen molar-refractivity contribution < 1.29 is 14.3 Å². The molecule has 1 rings (SSSR count). The molecule has 0 saturated heterocycles. The molecule has 4 heteroatoms. The number of carbonyl (C=O) groups is 1. The first-order valence-corrected chi connectivity index (χ1v) is 7.14. The normalized spacial score (nSPS) is 13.7. The molecular formula is C16H25NO3. The van der Waals surface area contributed by atoms with Crippen molar-refractivity contribution in [2.45, 2.75) is 46.3 Å².